The average molecular weight is 422 g/mol. The predicted molar refractivity (Wildman–Crippen MR) is 102 cm³/mol. The van der Waals surface area contributed by atoms with Gasteiger partial charge in [-0.3, -0.25) is 4.79 Å². The normalized spacial score (nSPS) is 12.3. The molecular weight excluding hydrogens is 406 g/mol. The third kappa shape index (κ3) is 3.96. The molecule has 0 bridgehead atoms. The molecule has 1 unspecified atom stereocenters. The summed E-state index contributed by atoms with van der Waals surface area (Å²) in [6.07, 6.45) is 0.761. The van der Waals surface area contributed by atoms with Crippen LogP contribution in [0.15, 0.2) is 51.4 Å². The number of aromatic nitrogens is 3. The van der Waals surface area contributed by atoms with Crippen molar-refractivity contribution in [2.75, 3.05) is 0 Å². The highest BCUT2D eigenvalue weighted by molar-refractivity contribution is 9.10. The van der Waals surface area contributed by atoms with Gasteiger partial charge in [-0.15, -0.1) is 21.5 Å². The molecule has 7 heteroatoms. The zero-order valence-corrected chi connectivity index (χ0v) is 16.5. The van der Waals surface area contributed by atoms with Crippen LogP contribution in [-0.4, -0.2) is 25.8 Å². The summed E-state index contributed by atoms with van der Waals surface area (Å²) in [5.41, 5.74) is 0.708. The molecular formula is C17H16BrN3OS2. The zero-order chi connectivity index (χ0) is 17.1. The lowest BCUT2D eigenvalue weighted by atomic mass is 10.1. The molecule has 0 aliphatic rings. The number of benzene rings is 1. The van der Waals surface area contributed by atoms with E-state index in [1.54, 1.807) is 11.3 Å². The molecule has 0 saturated heterocycles. The van der Waals surface area contributed by atoms with Crippen molar-refractivity contribution in [2.24, 2.45) is 7.05 Å². The Labute approximate surface area is 157 Å². The standard InChI is InChI=1S/C17H16BrN3OS2/c1-11(16(22)12-5-7-13(18)8-6-12)24-17-20-19-15(21(17)2)10-14-4-3-9-23-14/h3-9,11H,10H2,1-2H3. The van der Waals surface area contributed by atoms with E-state index >= 15 is 0 Å². The number of hydrogen-bond donors (Lipinski definition) is 0. The fourth-order valence-electron chi connectivity index (χ4n) is 2.23. The smallest absolute Gasteiger partial charge is 0.191 e. The third-order valence-corrected chi connectivity index (χ3v) is 6.16. The monoisotopic (exact) mass is 421 g/mol. The summed E-state index contributed by atoms with van der Waals surface area (Å²) in [6.45, 7) is 1.91. The molecule has 0 fully saturated rings. The van der Waals surface area contributed by atoms with Gasteiger partial charge in [-0.25, -0.2) is 0 Å². The number of thioether (sulfide) groups is 1. The van der Waals surface area contributed by atoms with Crippen LogP contribution in [0.3, 0.4) is 0 Å². The van der Waals surface area contributed by atoms with Crippen LogP contribution in [0.2, 0.25) is 0 Å². The first-order valence-electron chi connectivity index (χ1n) is 7.41. The molecule has 3 rings (SSSR count). The maximum absolute atomic E-state index is 12.5. The molecule has 0 amide bonds. The van der Waals surface area contributed by atoms with Gasteiger partial charge in [0.25, 0.3) is 0 Å². The van der Waals surface area contributed by atoms with Crippen molar-refractivity contribution in [2.45, 2.75) is 23.8 Å². The Balaban J connectivity index is 1.70. The molecule has 2 heterocycles. The molecule has 1 aromatic carbocycles. The first-order chi connectivity index (χ1) is 11.5. The van der Waals surface area contributed by atoms with Crippen LogP contribution in [0, 0.1) is 0 Å². The van der Waals surface area contributed by atoms with Crippen LogP contribution in [0.25, 0.3) is 0 Å². The quantitative estimate of drug-likeness (QED) is 0.431. The van der Waals surface area contributed by atoms with E-state index in [4.69, 9.17) is 0 Å². The molecule has 0 saturated carbocycles. The van der Waals surface area contributed by atoms with Gasteiger partial charge in [0.15, 0.2) is 10.9 Å². The fourth-order valence-corrected chi connectivity index (χ4v) is 4.11. The van der Waals surface area contributed by atoms with Crippen LogP contribution in [0.4, 0.5) is 0 Å². The molecule has 0 spiro atoms. The van der Waals surface area contributed by atoms with E-state index < -0.39 is 0 Å². The Morgan fingerprint density at radius 2 is 2.04 bits per heavy atom. The number of rotatable bonds is 6. The van der Waals surface area contributed by atoms with E-state index in [0.717, 1.165) is 21.9 Å². The molecule has 0 aliphatic heterocycles. The van der Waals surface area contributed by atoms with Crippen LogP contribution < -0.4 is 0 Å². The predicted octanol–water partition coefficient (Wildman–Crippen LogP) is 4.59. The first kappa shape index (κ1) is 17.4. The van der Waals surface area contributed by atoms with Gasteiger partial charge in [-0.1, -0.05) is 45.9 Å². The number of thiophene rings is 1. The van der Waals surface area contributed by atoms with E-state index in [9.17, 15) is 4.79 Å². The number of hydrogen-bond acceptors (Lipinski definition) is 5. The minimum absolute atomic E-state index is 0.0929. The Kier molecular flexibility index (Phi) is 5.53. The van der Waals surface area contributed by atoms with Gasteiger partial charge in [0, 0.05) is 28.4 Å². The Morgan fingerprint density at radius 1 is 1.29 bits per heavy atom. The summed E-state index contributed by atoms with van der Waals surface area (Å²) in [5, 5.41) is 11.1. The molecule has 0 radical (unpaired) electrons. The number of halogens is 1. The number of Topliss-reactive ketones (excluding diaryl/α,β-unsaturated/α-hetero) is 1. The molecule has 3 aromatic rings. The lowest BCUT2D eigenvalue weighted by Crippen LogP contribution is -2.14. The van der Waals surface area contributed by atoms with Gasteiger partial charge in [0.2, 0.25) is 0 Å². The van der Waals surface area contributed by atoms with Gasteiger partial charge in [-0.05, 0) is 30.5 Å². The molecule has 124 valence electrons. The molecule has 4 nitrogen and oxygen atoms in total. The van der Waals surface area contributed by atoms with E-state index in [1.807, 2.05) is 48.9 Å². The molecule has 24 heavy (non-hydrogen) atoms. The van der Waals surface area contributed by atoms with E-state index in [2.05, 4.69) is 37.6 Å². The van der Waals surface area contributed by atoms with Crippen molar-refractivity contribution in [1.82, 2.24) is 14.8 Å². The minimum atomic E-state index is -0.219. The van der Waals surface area contributed by atoms with Gasteiger partial charge in [0.1, 0.15) is 5.82 Å². The van der Waals surface area contributed by atoms with Crippen LogP contribution >= 0.6 is 39.0 Å². The van der Waals surface area contributed by atoms with Crippen molar-refractivity contribution in [1.29, 1.82) is 0 Å². The van der Waals surface area contributed by atoms with Gasteiger partial charge in [-0.2, -0.15) is 0 Å². The molecule has 0 aliphatic carbocycles. The Bertz CT molecular complexity index is 828. The summed E-state index contributed by atoms with van der Waals surface area (Å²) in [7, 11) is 1.95. The summed E-state index contributed by atoms with van der Waals surface area (Å²) in [4.78, 5) is 13.8. The lowest BCUT2D eigenvalue weighted by molar-refractivity contribution is 0.0994. The Morgan fingerprint density at radius 3 is 2.71 bits per heavy atom. The number of ketones is 1. The first-order valence-corrected chi connectivity index (χ1v) is 9.97. The molecule has 1 atom stereocenters. The summed E-state index contributed by atoms with van der Waals surface area (Å²) >= 11 is 6.53. The minimum Gasteiger partial charge on any atom is -0.309 e. The van der Waals surface area contributed by atoms with Crippen molar-refractivity contribution in [3.8, 4) is 0 Å². The molecule has 0 N–H and O–H groups in total. The second-order valence-corrected chi connectivity index (χ2v) is 8.60. The van der Waals surface area contributed by atoms with Crippen LogP contribution in [0.1, 0.15) is 28.0 Å². The van der Waals surface area contributed by atoms with Gasteiger partial charge in [0.05, 0.1) is 5.25 Å². The molecule has 2 aromatic heterocycles. The van der Waals surface area contributed by atoms with E-state index in [1.165, 1.54) is 16.6 Å². The van der Waals surface area contributed by atoms with Crippen molar-refractivity contribution < 1.29 is 4.79 Å². The number of carbonyl (C=O) groups excluding carboxylic acids is 1. The van der Waals surface area contributed by atoms with Crippen molar-refractivity contribution in [3.63, 3.8) is 0 Å². The number of carbonyl (C=O) groups is 1. The lowest BCUT2D eigenvalue weighted by Gasteiger charge is -2.10. The summed E-state index contributed by atoms with van der Waals surface area (Å²) < 4.78 is 2.93. The average Bonchev–Trinajstić information content (AvgIpc) is 3.20. The maximum Gasteiger partial charge on any atom is 0.191 e. The van der Waals surface area contributed by atoms with E-state index in [-0.39, 0.29) is 11.0 Å². The Hall–Kier alpha value is -1.44. The number of nitrogens with zero attached hydrogens (tertiary/aromatic N) is 3. The highest BCUT2D eigenvalue weighted by Gasteiger charge is 2.20. The second-order valence-electron chi connectivity index (χ2n) is 5.35. The zero-order valence-electron chi connectivity index (χ0n) is 13.3. The van der Waals surface area contributed by atoms with Gasteiger partial charge >= 0.3 is 0 Å². The van der Waals surface area contributed by atoms with E-state index in [0.29, 0.717) is 5.56 Å². The largest absolute Gasteiger partial charge is 0.309 e. The highest BCUT2D eigenvalue weighted by atomic mass is 79.9. The van der Waals surface area contributed by atoms with Crippen molar-refractivity contribution >= 4 is 44.8 Å². The maximum atomic E-state index is 12.5. The topological polar surface area (TPSA) is 47.8 Å². The van der Waals surface area contributed by atoms with Crippen LogP contribution in [-0.2, 0) is 13.5 Å². The summed E-state index contributed by atoms with van der Waals surface area (Å²) in [6, 6.07) is 11.6. The highest BCUT2D eigenvalue weighted by Crippen LogP contribution is 2.25. The second kappa shape index (κ2) is 7.63. The van der Waals surface area contributed by atoms with Gasteiger partial charge < -0.3 is 4.57 Å². The third-order valence-electron chi connectivity index (χ3n) is 3.62. The fraction of sp³-hybridized carbons (Fsp3) is 0.235. The summed E-state index contributed by atoms with van der Waals surface area (Å²) in [5.74, 6) is 0.999. The van der Waals surface area contributed by atoms with Crippen LogP contribution in [0.5, 0.6) is 0 Å². The van der Waals surface area contributed by atoms with Crippen molar-refractivity contribution in [3.05, 3.63) is 62.5 Å². The SMILES string of the molecule is CC(Sc1nnc(Cc2cccs2)n1C)C(=O)c1ccc(Br)cc1.